The molecule has 3 fully saturated rings. The molecule has 0 aromatic carbocycles. The number of halogens is 1. The van der Waals surface area contributed by atoms with E-state index in [-0.39, 0.29) is 5.60 Å². The first-order chi connectivity index (χ1) is 6.47. The van der Waals surface area contributed by atoms with Crippen LogP contribution in [-0.2, 0) is 4.74 Å². The van der Waals surface area contributed by atoms with Crippen LogP contribution in [0, 0.1) is 23.7 Å². The standard InChI is InChI=1S/C12H19ClO/c1-12(2,3)14-11-9-5-8(10(11)13)6-4-7(6)9/h6-11H,4-5H2,1-3H3. The Morgan fingerprint density at radius 3 is 2.14 bits per heavy atom. The van der Waals surface area contributed by atoms with Crippen molar-refractivity contribution >= 4 is 11.6 Å². The average Bonchev–Trinajstić information content (AvgIpc) is 2.68. The zero-order valence-electron chi connectivity index (χ0n) is 9.16. The quantitative estimate of drug-likeness (QED) is 0.610. The molecule has 0 amide bonds. The number of rotatable bonds is 1. The topological polar surface area (TPSA) is 9.23 Å². The molecule has 3 aliphatic carbocycles. The van der Waals surface area contributed by atoms with Crippen molar-refractivity contribution in [2.45, 2.75) is 50.7 Å². The van der Waals surface area contributed by atoms with Gasteiger partial charge >= 0.3 is 0 Å². The highest BCUT2D eigenvalue weighted by atomic mass is 35.5. The monoisotopic (exact) mass is 214 g/mol. The molecule has 0 radical (unpaired) electrons. The number of alkyl halides is 1. The third-order valence-corrected chi connectivity index (χ3v) is 4.74. The summed E-state index contributed by atoms with van der Waals surface area (Å²) in [5.41, 5.74) is -0.0350. The van der Waals surface area contributed by atoms with Gasteiger partial charge in [-0.3, -0.25) is 0 Å². The summed E-state index contributed by atoms with van der Waals surface area (Å²) in [6.07, 6.45) is 3.11. The molecule has 3 saturated carbocycles. The van der Waals surface area contributed by atoms with Gasteiger partial charge in [0.25, 0.3) is 0 Å². The van der Waals surface area contributed by atoms with Crippen molar-refractivity contribution in [1.82, 2.24) is 0 Å². The number of hydrogen-bond donors (Lipinski definition) is 0. The molecular formula is C12H19ClO. The Morgan fingerprint density at radius 1 is 1.00 bits per heavy atom. The predicted molar refractivity (Wildman–Crippen MR) is 57.5 cm³/mol. The van der Waals surface area contributed by atoms with Crippen LogP contribution in [0.4, 0.5) is 0 Å². The summed E-state index contributed by atoms with van der Waals surface area (Å²) in [4.78, 5) is 0. The van der Waals surface area contributed by atoms with Gasteiger partial charge in [-0.1, -0.05) is 0 Å². The van der Waals surface area contributed by atoms with Gasteiger partial charge in [0.2, 0.25) is 0 Å². The number of hydrogen-bond acceptors (Lipinski definition) is 1. The minimum Gasteiger partial charge on any atom is -0.371 e. The summed E-state index contributed by atoms with van der Waals surface area (Å²) in [5, 5.41) is 0.294. The fourth-order valence-electron chi connectivity index (χ4n) is 3.67. The predicted octanol–water partition coefficient (Wildman–Crippen LogP) is 3.06. The van der Waals surface area contributed by atoms with Crippen LogP contribution < -0.4 is 0 Å². The number of ether oxygens (including phenoxy) is 1. The van der Waals surface area contributed by atoms with Gasteiger partial charge in [-0.15, -0.1) is 11.6 Å². The molecule has 2 heteroatoms. The van der Waals surface area contributed by atoms with Crippen molar-refractivity contribution < 1.29 is 4.74 Å². The molecule has 0 spiro atoms. The number of fused-ring (bicyclic) bond motifs is 5. The molecule has 6 unspecified atom stereocenters. The van der Waals surface area contributed by atoms with Crippen molar-refractivity contribution in [3.63, 3.8) is 0 Å². The maximum absolute atomic E-state index is 6.48. The zero-order valence-corrected chi connectivity index (χ0v) is 9.92. The molecule has 80 valence electrons. The molecule has 1 nitrogen and oxygen atoms in total. The molecule has 0 aromatic heterocycles. The van der Waals surface area contributed by atoms with Gasteiger partial charge in [0.15, 0.2) is 0 Å². The third-order valence-electron chi connectivity index (χ3n) is 4.17. The van der Waals surface area contributed by atoms with E-state index in [1.54, 1.807) is 0 Å². The normalized spacial score (nSPS) is 54.9. The van der Waals surface area contributed by atoms with Gasteiger partial charge in [-0.2, -0.15) is 0 Å². The lowest BCUT2D eigenvalue weighted by atomic mass is 9.96. The van der Waals surface area contributed by atoms with Crippen molar-refractivity contribution in [3.8, 4) is 0 Å². The molecule has 0 saturated heterocycles. The van der Waals surface area contributed by atoms with Crippen LogP contribution in [-0.4, -0.2) is 17.1 Å². The molecule has 6 atom stereocenters. The third kappa shape index (κ3) is 1.25. The van der Waals surface area contributed by atoms with Gasteiger partial charge in [0, 0.05) is 0 Å². The Bertz CT molecular complexity index is 258. The van der Waals surface area contributed by atoms with Crippen LogP contribution >= 0.6 is 11.6 Å². The molecule has 2 bridgehead atoms. The molecule has 0 N–H and O–H groups in total. The highest BCUT2D eigenvalue weighted by Gasteiger charge is 2.65. The van der Waals surface area contributed by atoms with Crippen LogP contribution in [0.1, 0.15) is 33.6 Å². The Balaban J connectivity index is 1.75. The van der Waals surface area contributed by atoms with Crippen LogP contribution in [0.2, 0.25) is 0 Å². The lowest BCUT2D eigenvalue weighted by Gasteiger charge is -2.33. The van der Waals surface area contributed by atoms with Gasteiger partial charge in [0.05, 0.1) is 17.1 Å². The lowest BCUT2D eigenvalue weighted by Crippen LogP contribution is -2.38. The minimum atomic E-state index is -0.0350. The fraction of sp³-hybridized carbons (Fsp3) is 1.00. The van der Waals surface area contributed by atoms with Gasteiger partial charge in [-0.25, -0.2) is 0 Å². The summed E-state index contributed by atoms with van der Waals surface area (Å²) >= 11 is 6.48. The lowest BCUT2D eigenvalue weighted by molar-refractivity contribution is -0.0819. The Morgan fingerprint density at radius 2 is 1.57 bits per heavy atom. The molecule has 3 rings (SSSR count). The average molecular weight is 215 g/mol. The van der Waals surface area contributed by atoms with Gasteiger partial charge in [-0.05, 0) is 57.3 Å². The molecule has 14 heavy (non-hydrogen) atoms. The van der Waals surface area contributed by atoms with E-state index in [0.29, 0.717) is 11.5 Å². The molecule has 3 aliphatic rings. The molecule has 0 heterocycles. The second-order valence-corrected chi connectivity index (χ2v) is 6.77. The van der Waals surface area contributed by atoms with E-state index in [1.165, 1.54) is 12.8 Å². The van der Waals surface area contributed by atoms with E-state index in [2.05, 4.69) is 20.8 Å². The van der Waals surface area contributed by atoms with Crippen LogP contribution in [0.5, 0.6) is 0 Å². The van der Waals surface area contributed by atoms with E-state index in [9.17, 15) is 0 Å². The first-order valence-corrected chi connectivity index (χ1v) is 6.23. The first kappa shape index (κ1) is 9.47. The Kier molecular flexibility index (Phi) is 1.81. The second-order valence-electron chi connectivity index (χ2n) is 6.27. The SMILES string of the molecule is CC(C)(C)OC1C(Cl)C2CC1C1CC21. The zero-order chi connectivity index (χ0) is 10.1. The summed E-state index contributed by atoms with van der Waals surface area (Å²) in [7, 11) is 0. The maximum atomic E-state index is 6.48. The fourth-order valence-corrected chi connectivity index (χ4v) is 4.20. The van der Waals surface area contributed by atoms with Crippen LogP contribution in [0.15, 0.2) is 0 Å². The summed E-state index contributed by atoms with van der Waals surface area (Å²) in [5.74, 6) is 3.51. The Hall–Kier alpha value is 0.250. The van der Waals surface area contributed by atoms with Gasteiger partial charge in [0.1, 0.15) is 0 Å². The summed E-state index contributed by atoms with van der Waals surface area (Å²) in [6.45, 7) is 6.40. The highest BCUT2D eigenvalue weighted by Crippen LogP contribution is 2.67. The van der Waals surface area contributed by atoms with Crippen LogP contribution in [0.25, 0.3) is 0 Å². The van der Waals surface area contributed by atoms with Crippen molar-refractivity contribution in [2.75, 3.05) is 0 Å². The van der Waals surface area contributed by atoms with E-state index >= 15 is 0 Å². The summed E-state index contributed by atoms with van der Waals surface area (Å²) < 4.78 is 6.11. The van der Waals surface area contributed by atoms with Gasteiger partial charge < -0.3 is 4.74 Å². The van der Waals surface area contributed by atoms with E-state index in [4.69, 9.17) is 16.3 Å². The van der Waals surface area contributed by atoms with Crippen molar-refractivity contribution in [2.24, 2.45) is 23.7 Å². The maximum Gasteiger partial charge on any atom is 0.0779 e. The minimum absolute atomic E-state index is 0.0350. The largest absolute Gasteiger partial charge is 0.371 e. The first-order valence-electron chi connectivity index (χ1n) is 5.79. The highest BCUT2D eigenvalue weighted by molar-refractivity contribution is 6.21. The van der Waals surface area contributed by atoms with E-state index in [1.807, 2.05) is 0 Å². The van der Waals surface area contributed by atoms with E-state index in [0.717, 1.165) is 23.7 Å². The van der Waals surface area contributed by atoms with Crippen LogP contribution in [0.3, 0.4) is 0 Å². The van der Waals surface area contributed by atoms with E-state index < -0.39 is 0 Å². The molecule has 0 aliphatic heterocycles. The second kappa shape index (κ2) is 2.68. The molecular weight excluding hydrogens is 196 g/mol. The summed E-state index contributed by atoms with van der Waals surface area (Å²) in [6, 6.07) is 0. The van der Waals surface area contributed by atoms with Crippen molar-refractivity contribution in [3.05, 3.63) is 0 Å². The smallest absolute Gasteiger partial charge is 0.0779 e. The molecule has 0 aromatic rings. The Labute approximate surface area is 91.2 Å². The van der Waals surface area contributed by atoms with Crippen molar-refractivity contribution in [1.29, 1.82) is 0 Å².